The van der Waals surface area contributed by atoms with E-state index in [-0.39, 0.29) is 5.41 Å². The number of terminal acetylenes is 1. The van der Waals surface area contributed by atoms with E-state index in [1.807, 2.05) is 6.08 Å². The molecule has 25 heavy (non-hydrogen) atoms. The normalized spacial score (nSPS) is 45.8. The van der Waals surface area contributed by atoms with Gasteiger partial charge in [-0.2, -0.15) is 0 Å². The second kappa shape index (κ2) is 6.27. The molecule has 2 nitrogen and oxygen atoms in total. The first-order valence-corrected chi connectivity index (χ1v) is 10.5. The van der Waals surface area contributed by atoms with Crippen molar-refractivity contribution in [3.63, 3.8) is 0 Å². The molecule has 2 heteroatoms. The second-order valence-electron chi connectivity index (χ2n) is 9.15. The van der Waals surface area contributed by atoms with E-state index < -0.39 is 5.60 Å². The molecule has 0 aliphatic heterocycles. The Morgan fingerprint density at radius 2 is 2.04 bits per heavy atom. The first-order chi connectivity index (χ1) is 12.0. The Balaban J connectivity index is 1.65. The van der Waals surface area contributed by atoms with Crippen molar-refractivity contribution in [2.45, 2.75) is 83.2 Å². The highest BCUT2D eigenvalue weighted by atomic mass is 16.3. The van der Waals surface area contributed by atoms with Crippen molar-refractivity contribution in [3.8, 4) is 12.3 Å². The molecule has 0 radical (unpaired) electrons. The summed E-state index contributed by atoms with van der Waals surface area (Å²) in [5, 5.41) is 11.3. The van der Waals surface area contributed by atoms with Crippen LogP contribution in [0, 0.1) is 41.4 Å². The fourth-order valence-corrected chi connectivity index (χ4v) is 7.24. The van der Waals surface area contributed by atoms with E-state index >= 15 is 0 Å². The second-order valence-corrected chi connectivity index (χ2v) is 9.15. The number of hydrogen-bond acceptors (Lipinski definition) is 2. The molecule has 0 spiro atoms. The zero-order valence-corrected chi connectivity index (χ0v) is 15.6. The van der Waals surface area contributed by atoms with Gasteiger partial charge in [-0.3, -0.25) is 4.79 Å². The summed E-state index contributed by atoms with van der Waals surface area (Å²) in [5.74, 6) is 5.80. The van der Waals surface area contributed by atoms with Gasteiger partial charge in [0.15, 0.2) is 5.78 Å². The van der Waals surface area contributed by atoms with E-state index in [0.29, 0.717) is 29.5 Å². The molecule has 6 atom stereocenters. The van der Waals surface area contributed by atoms with Crippen LogP contribution in [-0.2, 0) is 4.79 Å². The van der Waals surface area contributed by atoms with Crippen molar-refractivity contribution in [1.82, 2.24) is 0 Å². The van der Waals surface area contributed by atoms with Gasteiger partial charge >= 0.3 is 0 Å². The summed E-state index contributed by atoms with van der Waals surface area (Å²) in [4.78, 5) is 11.8. The third-order valence-electron chi connectivity index (χ3n) is 8.36. The van der Waals surface area contributed by atoms with Crippen LogP contribution < -0.4 is 0 Å². The first kappa shape index (κ1) is 17.3. The lowest BCUT2D eigenvalue weighted by Crippen LogP contribution is -2.53. The molecule has 0 aromatic carbocycles. The number of unbranched alkanes of at least 4 members (excludes halogenated alkanes) is 1. The molecule has 0 aromatic rings. The summed E-state index contributed by atoms with van der Waals surface area (Å²) in [7, 11) is 0. The highest BCUT2D eigenvalue weighted by molar-refractivity contribution is 5.91. The number of aliphatic hydroxyl groups is 1. The minimum atomic E-state index is -0.892. The lowest BCUT2D eigenvalue weighted by Gasteiger charge is -2.56. The van der Waals surface area contributed by atoms with Gasteiger partial charge in [0.2, 0.25) is 0 Å². The van der Waals surface area contributed by atoms with Crippen LogP contribution in [-0.4, -0.2) is 16.5 Å². The molecular weight excluding hydrogens is 308 g/mol. The minimum Gasteiger partial charge on any atom is -0.377 e. The van der Waals surface area contributed by atoms with Crippen LogP contribution in [0.15, 0.2) is 11.6 Å². The maximum Gasteiger partial charge on any atom is 0.155 e. The van der Waals surface area contributed by atoms with Gasteiger partial charge < -0.3 is 5.11 Å². The van der Waals surface area contributed by atoms with E-state index in [4.69, 9.17) is 6.42 Å². The predicted octanol–water partition coefficient (Wildman–Crippen LogP) is 4.66. The zero-order valence-electron chi connectivity index (χ0n) is 15.6. The van der Waals surface area contributed by atoms with Gasteiger partial charge in [0.25, 0.3) is 0 Å². The lowest BCUT2D eigenvalue weighted by atomic mass is 9.49. The molecule has 4 aliphatic carbocycles. The number of allylic oxidation sites excluding steroid dienone is 1. The molecule has 0 saturated heterocycles. The van der Waals surface area contributed by atoms with Crippen molar-refractivity contribution in [2.24, 2.45) is 29.1 Å². The summed E-state index contributed by atoms with van der Waals surface area (Å²) < 4.78 is 0. The number of ketones is 1. The average Bonchev–Trinajstić information content (AvgIpc) is 2.93. The number of hydrogen-bond donors (Lipinski definition) is 1. The highest BCUT2D eigenvalue weighted by Crippen LogP contribution is 2.66. The van der Waals surface area contributed by atoms with Crippen LogP contribution in [0.4, 0.5) is 0 Å². The number of carbonyl (C=O) groups is 1. The van der Waals surface area contributed by atoms with Gasteiger partial charge in [-0.1, -0.05) is 31.3 Å². The van der Waals surface area contributed by atoms with Gasteiger partial charge in [0.05, 0.1) is 0 Å². The molecule has 0 unspecified atom stereocenters. The quantitative estimate of drug-likeness (QED) is 0.759. The monoisotopic (exact) mass is 340 g/mol. The van der Waals surface area contributed by atoms with Crippen LogP contribution in [0.3, 0.4) is 0 Å². The van der Waals surface area contributed by atoms with Gasteiger partial charge in [-0.15, -0.1) is 6.42 Å². The topological polar surface area (TPSA) is 37.3 Å². The van der Waals surface area contributed by atoms with Gasteiger partial charge in [-0.05, 0) is 81.1 Å². The van der Waals surface area contributed by atoms with E-state index in [9.17, 15) is 9.90 Å². The molecule has 3 saturated carbocycles. The Bertz CT molecular complexity index is 626. The Kier molecular flexibility index (Phi) is 4.35. The van der Waals surface area contributed by atoms with Crippen molar-refractivity contribution < 1.29 is 9.90 Å². The molecule has 136 valence electrons. The largest absolute Gasteiger partial charge is 0.377 e. The summed E-state index contributed by atoms with van der Waals surface area (Å²) in [6.07, 6.45) is 19.5. The standard InChI is InChI=1S/C23H32O2/c1-3-5-12-22-13-10-19-18-9-7-17(24)15-16(18)6-8-20(19)21(22)11-14-23(22,25)4-2/h2,15,18-21,25H,3,5-14H2,1H3/t18-,19+,20+,21-,22-,23-/m0/s1. The molecule has 0 aromatic heterocycles. The summed E-state index contributed by atoms with van der Waals surface area (Å²) in [6, 6.07) is 0. The predicted molar refractivity (Wildman–Crippen MR) is 99.7 cm³/mol. The molecular formula is C23H32O2. The maximum atomic E-state index is 11.8. The molecule has 0 heterocycles. The van der Waals surface area contributed by atoms with E-state index in [1.54, 1.807) is 0 Å². The summed E-state index contributed by atoms with van der Waals surface area (Å²) in [5.41, 5.74) is 0.491. The summed E-state index contributed by atoms with van der Waals surface area (Å²) in [6.45, 7) is 2.23. The fraction of sp³-hybridized carbons (Fsp3) is 0.783. The number of carbonyl (C=O) groups excluding carboxylic acids is 1. The Morgan fingerprint density at radius 1 is 1.20 bits per heavy atom. The van der Waals surface area contributed by atoms with Crippen LogP contribution in [0.5, 0.6) is 0 Å². The Labute approximate surface area is 152 Å². The lowest BCUT2D eigenvalue weighted by molar-refractivity contribution is -0.117. The highest BCUT2D eigenvalue weighted by Gasteiger charge is 2.63. The molecule has 0 bridgehead atoms. The molecule has 4 aliphatic rings. The van der Waals surface area contributed by atoms with Crippen LogP contribution in [0.2, 0.25) is 0 Å². The van der Waals surface area contributed by atoms with Gasteiger partial charge in [0, 0.05) is 11.8 Å². The maximum absolute atomic E-state index is 11.8. The van der Waals surface area contributed by atoms with E-state index in [2.05, 4.69) is 12.8 Å². The average molecular weight is 341 g/mol. The Morgan fingerprint density at radius 3 is 2.80 bits per heavy atom. The van der Waals surface area contributed by atoms with Crippen LogP contribution in [0.25, 0.3) is 0 Å². The first-order valence-electron chi connectivity index (χ1n) is 10.5. The molecule has 0 amide bonds. The van der Waals surface area contributed by atoms with Crippen LogP contribution >= 0.6 is 0 Å². The van der Waals surface area contributed by atoms with Crippen molar-refractivity contribution >= 4 is 5.78 Å². The molecule has 1 N–H and O–H groups in total. The Hall–Kier alpha value is -1.07. The molecule has 4 rings (SSSR count). The van der Waals surface area contributed by atoms with Crippen molar-refractivity contribution in [2.75, 3.05) is 0 Å². The molecule has 3 fully saturated rings. The third kappa shape index (κ3) is 2.46. The smallest absolute Gasteiger partial charge is 0.155 e. The van der Waals surface area contributed by atoms with Gasteiger partial charge in [-0.25, -0.2) is 0 Å². The minimum absolute atomic E-state index is 0.0510. The van der Waals surface area contributed by atoms with E-state index in [0.717, 1.165) is 44.9 Å². The van der Waals surface area contributed by atoms with Gasteiger partial charge in [0.1, 0.15) is 5.60 Å². The zero-order chi connectivity index (χ0) is 17.7. The third-order valence-corrected chi connectivity index (χ3v) is 8.36. The van der Waals surface area contributed by atoms with E-state index in [1.165, 1.54) is 31.3 Å². The van der Waals surface area contributed by atoms with Crippen molar-refractivity contribution in [3.05, 3.63) is 11.6 Å². The summed E-state index contributed by atoms with van der Waals surface area (Å²) >= 11 is 0. The van der Waals surface area contributed by atoms with Crippen molar-refractivity contribution in [1.29, 1.82) is 0 Å². The fourth-order valence-electron chi connectivity index (χ4n) is 7.24. The SMILES string of the molecule is C#C[C@]1(O)CC[C@H]2[C@@H]3CCC4=CC(=O)CC[C@@H]4[C@H]3CC[C@@]21CCCC. The number of rotatable bonds is 3. The van der Waals surface area contributed by atoms with Crippen LogP contribution in [0.1, 0.15) is 77.6 Å². The number of fused-ring (bicyclic) bond motifs is 5.